The number of carbonyl (C=O) groups is 2. The minimum Gasteiger partial charge on any atom is -0.324 e. The quantitative estimate of drug-likeness (QED) is 0.786. The molecule has 1 aromatic rings. The van der Waals surface area contributed by atoms with E-state index in [-0.39, 0.29) is 11.8 Å². The fourth-order valence-corrected chi connectivity index (χ4v) is 2.08. The normalized spacial score (nSPS) is 18.2. The first-order valence-corrected chi connectivity index (χ1v) is 6.33. The minimum atomic E-state index is -0.476. The van der Waals surface area contributed by atoms with E-state index < -0.39 is 6.04 Å². The summed E-state index contributed by atoms with van der Waals surface area (Å²) in [5.74, 6) is -0.278. The molecule has 1 aliphatic rings. The minimum absolute atomic E-state index is 0.126. The van der Waals surface area contributed by atoms with Crippen molar-refractivity contribution < 1.29 is 9.59 Å². The molecule has 0 saturated carbocycles. The van der Waals surface area contributed by atoms with Crippen LogP contribution >= 0.6 is 0 Å². The summed E-state index contributed by atoms with van der Waals surface area (Å²) in [7, 11) is 0. The van der Waals surface area contributed by atoms with E-state index in [1.165, 1.54) is 0 Å². The summed E-state index contributed by atoms with van der Waals surface area (Å²) in [5, 5.41) is 2.86. The molecule has 1 aliphatic heterocycles. The van der Waals surface area contributed by atoms with E-state index in [1.807, 2.05) is 38.1 Å². The second kappa shape index (κ2) is 5.26. The third kappa shape index (κ3) is 2.84. The summed E-state index contributed by atoms with van der Waals surface area (Å²) in [6.45, 7) is 5.93. The predicted molar refractivity (Wildman–Crippen MR) is 74.5 cm³/mol. The Labute approximate surface area is 113 Å². The summed E-state index contributed by atoms with van der Waals surface area (Å²) < 4.78 is 0. The molecule has 1 unspecified atom stereocenters. The molecule has 1 aromatic carbocycles. The standard InChI is InChI=1S/C15H18N2O2/c1-10(2)8-14(18)17-9-12-6-4-5-7-13(12)16-15(19)11(17)3/h4-8,11H,9H2,1-3H3,(H,16,19). The Morgan fingerprint density at radius 1 is 1.37 bits per heavy atom. The third-order valence-corrected chi connectivity index (χ3v) is 3.16. The van der Waals surface area contributed by atoms with Crippen LogP contribution in [0.1, 0.15) is 26.3 Å². The van der Waals surface area contributed by atoms with Crippen molar-refractivity contribution in [1.29, 1.82) is 0 Å². The molecule has 0 radical (unpaired) electrons. The number of nitrogens with one attached hydrogen (secondary N) is 1. The molecule has 0 aliphatic carbocycles. The van der Waals surface area contributed by atoms with Crippen LogP contribution in [0.3, 0.4) is 0 Å². The molecule has 100 valence electrons. The molecule has 2 amide bonds. The zero-order chi connectivity index (χ0) is 14.0. The van der Waals surface area contributed by atoms with Crippen molar-refractivity contribution in [2.75, 3.05) is 5.32 Å². The van der Waals surface area contributed by atoms with Gasteiger partial charge in [-0.1, -0.05) is 23.8 Å². The molecule has 19 heavy (non-hydrogen) atoms. The highest BCUT2D eigenvalue weighted by Crippen LogP contribution is 2.23. The van der Waals surface area contributed by atoms with E-state index in [0.29, 0.717) is 6.54 Å². The highest BCUT2D eigenvalue weighted by Gasteiger charge is 2.28. The van der Waals surface area contributed by atoms with Gasteiger partial charge in [0.1, 0.15) is 6.04 Å². The molecular weight excluding hydrogens is 240 g/mol. The van der Waals surface area contributed by atoms with Gasteiger partial charge in [0.2, 0.25) is 11.8 Å². The molecule has 0 fully saturated rings. The maximum atomic E-state index is 12.2. The highest BCUT2D eigenvalue weighted by molar-refractivity contribution is 6.00. The van der Waals surface area contributed by atoms with E-state index in [0.717, 1.165) is 16.8 Å². The number of benzene rings is 1. The van der Waals surface area contributed by atoms with Crippen LogP contribution in [-0.4, -0.2) is 22.8 Å². The number of hydrogen-bond acceptors (Lipinski definition) is 2. The number of carbonyl (C=O) groups excluding carboxylic acids is 2. The number of rotatable bonds is 1. The van der Waals surface area contributed by atoms with Crippen LogP contribution in [0.25, 0.3) is 0 Å². The largest absolute Gasteiger partial charge is 0.324 e. The number of para-hydroxylation sites is 1. The van der Waals surface area contributed by atoms with Gasteiger partial charge < -0.3 is 10.2 Å². The lowest BCUT2D eigenvalue weighted by Gasteiger charge is -2.24. The fourth-order valence-electron chi connectivity index (χ4n) is 2.08. The molecule has 0 spiro atoms. The average Bonchev–Trinajstić information content (AvgIpc) is 2.47. The van der Waals surface area contributed by atoms with Crippen molar-refractivity contribution >= 4 is 17.5 Å². The fraction of sp³-hybridized carbons (Fsp3) is 0.333. The van der Waals surface area contributed by atoms with Gasteiger partial charge in [-0.05, 0) is 32.4 Å². The van der Waals surface area contributed by atoms with Gasteiger partial charge >= 0.3 is 0 Å². The number of amides is 2. The van der Waals surface area contributed by atoms with E-state index in [2.05, 4.69) is 5.32 Å². The third-order valence-electron chi connectivity index (χ3n) is 3.16. The first kappa shape index (κ1) is 13.3. The number of hydrogen-bond donors (Lipinski definition) is 1. The molecule has 4 heteroatoms. The van der Waals surface area contributed by atoms with E-state index in [9.17, 15) is 9.59 Å². The number of fused-ring (bicyclic) bond motifs is 1. The van der Waals surface area contributed by atoms with Crippen molar-refractivity contribution in [2.24, 2.45) is 0 Å². The van der Waals surface area contributed by atoms with Crippen LogP contribution in [0, 0.1) is 0 Å². The summed E-state index contributed by atoms with van der Waals surface area (Å²) >= 11 is 0. The smallest absolute Gasteiger partial charge is 0.247 e. The maximum Gasteiger partial charge on any atom is 0.247 e. The Morgan fingerprint density at radius 2 is 2.05 bits per heavy atom. The van der Waals surface area contributed by atoms with Gasteiger partial charge in [0, 0.05) is 18.3 Å². The summed E-state index contributed by atoms with van der Waals surface area (Å²) in [5.41, 5.74) is 2.66. The highest BCUT2D eigenvalue weighted by atomic mass is 16.2. The second-order valence-corrected chi connectivity index (χ2v) is 5.01. The Hall–Kier alpha value is -2.10. The van der Waals surface area contributed by atoms with Crippen LogP contribution in [-0.2, 0) is 16.1 Å². The lowest BCUT2D eigenvalue weighted by Crippen LogP contribution is -2.42. The van der Waals surface area contributed by atoms with Gasteiger partial charge in [-0.15, -0.1) is 0 Å². The number of anilines is 1. The van der Waals surface area contributed by atoms with Crippen molar-refractivity contribution in [3.63, 3.8) is 0 Å². The predicted octanol–water partition coefficient (Wildman–Crippen LogP) is 2.32. The van der Waals surface area contributed by atoms with Crippen molar-refractivity contribution in [3.8, 4) is 0 Å². The molecule has 1 heterocycles. The van der Waals surface area contributed by atoms with Crippen molar-refractivity contribution in [2.45, 2.75) is 33.4 Å². The van der Waals surface area contributed by atoms with Gasteiger partial charge in [-0.2, -0.15) is 0 Å². The van der Waals surface area contributed by atoms with Crippen LogP contribution in [0.15, 0.2) is 35.9 Å². The van der Waals surface area contributed by atoms with Gasteiger partial charge in [0.05, 0.1) is 0 Å². The number of nitrogens with zero attached hydrogens (tertiary/aromatic N) is 1. The molecule has 0 saturated heterocycles. The van der Waals surface area contributed by atoms with Gasteiger partial charge in [0.25, 0.3) is 0 Å². The summed E-state index contributed by atoms with van der Waals surface area (Å²) in [6, 6.07) is 7.09. The van der Waals surface area contributed by atoms with E-state index in [4.69, 9.17) is 0 Å². The monoisotopic (exact) mass is 258 g/mol. The first-order chi connectivity index (χ1) is 8.99. The van der Waals surface area contributed by atoms with Crippen molar-refractivity contribution in [3.05, 3.63) is 41.5 Å². The SMILES string of the molecule is CC(C)=CC(=O)N1Cc2ccccc2NC(=O)C1C. The maximum absolute atomic E-state index is 12.2. The van der Waals surface area contributed by atoms with Crippen LogP contribution in [0.4, 0.5) is 5.69 Å². The van der Waals surface area contributed by atoms with Crippen molar-refractivity contribution in [1.82, 2.24) is 4.90 Å². The molecule has 1 N–H and O–H groups in total. The van der Waals surface area contributed by atoms with Gasteiger partial charge in [-0.25, -0.2) is 0 Å². The average molecular weight is 258 g/mol. The van der Waals surface area contributed by atoms with Crippen LogP contribution in [0.5, 0.6) is 0 Å². The molecule has 0 aromatic heterocycles. The Bertz CT molecular complexity index is 545. The zero-order valence-corrected chi connectivity index (χ0v) is 11.4. The van der Waals surface area contributed by atoms with E-state index in [1.54, 1.807) is 17.9 Å². The number of allylic oxidation sites excluding steroid dienone is 1. The first-order valence-electron chi connectivity index (χ1n) is 6.33. The topological polar surface area (TPSA) is 49.4 Å². The second-order valence-electron chi connectivity index (χ2n) is 5.01. The molecular formula is C15H18N2O2. The zero-order valence-electron chi connectivity index (χ0n) is 11.4. The van der Waals surface area contributed by atoms with Crippen LogP contribution < -0.4 is 5.32 Å². The van der Waals surface area contributed by atoms with Crippen LogP contribution in [0.2, 0.25) is 0 Å². The molecule has 1 atom stereocenters. The molecule has 0 bridgehead atoms. The summed E-state index contributed by atoms with van der Waals surface area (Å²) in [4.78, 5) is 25.8. The Balaban J connectivity index is 2.37. The Kier molecular flexibility index (Phi) is 3.69. The van der Waals surface area contributed by atoms with Gasteiger partial charge in [0.15, 0.2) is 0 Å². The Morgan fingerprint density at radius 3 is 2.74 bits per heavy atom. The lowest BCUT2D eigenvalue weighted by atomic mass is 10.1. The summed E-state index contributed by atoms with van der Waals surface area (Å²) in [6.07, 6.45) is 1.57. The van der Waals surface area contributed by atoms with E-state index >= 15 is 0 Å². The van der Waals surface area contributed by atoms with Gasteiger partial charge in [-0.3, -0.25) is 9.59 Å². The molecule has 2 rings (SSSR count). The molecule has 4 nitrogen and oxygen atoms in total. The lowest BCUT2D eigenvalue weighted by molar-refractivity contribution is -0.134.